The van der Waals surface area contributed by atoms with Gasteiger partial charge in [0.05, 0.1) is 6.61 Å². The molecule has 1 aliphatic heterocycles. The lowest BCUT2D eigenvalue weighted by Gasteiger charge is -2.33. The van der Waals surface area contributed by atoms with E-state index in [2.05, 4.69) is 5.32 Å². The van der Waals surface area contributed by atoms with Crippen molar-refractivity contribution >= 4 is 17.9 Å². The Bertz CT molecular complexity index is 615. The number of amides is 3. The van der Waals surface area contributed by atoms with Crippen LogP contribution in [0, 0.1) is 5.82 Å². The fourth-order valence-electron chi connectivity index (χ4n) is 2.34. The van der Waals surface area contributed by atoms with Gasteiger partial charge >= 0.3 is 17.9 Å². The number of ether oxygens (including phenoxy) is 1. The molecule has 0 unspecified atom stereocenters. The summed E-state index contributed by atoms with van der Waals surface area (Å²) in [6.45, 7) is 3.08. The standard InChI is InChI=1S/C16H20FN3O4/c1-2-24-16(23)20-9-7-19(8-10-20)15(22)14(21)18-11-12-5-3-4-6-13(12)17/h3-6H,2,7-11H2,1H3,(H,18,21). The molecule has 0 aliphatic carbocycles. The van der Waals surface area contributed by atoms with Crippen LogP contribution in [0.3, 0.4) is 0 Å². The van der Waals surface area contributed by atoms with Crippen molar-refractivity contribution in [1.82, 2.24) is 15.1 Å². The molecule has 24 heavy (non-hydrogen) atoms. The molecule has 1 aromatic carbocycles. The van der Waals surface area contributed by atoms with Crippen molar-refractivity contribution in [1.29, 1.82) is 0 Å². The van der Waals surface area contributed by atoms with E-state index in [1.54, 1.807) is 19.1 Å². The van der Waals surface area contributed by atoms with Gasteiger partial charge in [0.25, 0.3) is 0 Å². The largest absolute Gasteiger partial charge is 0.450 e. The number of carbonyl (C=O) groups is 3. The van der Waals surface area contributed by atoms with Crippen LogP contribution in [0.15, 0.2) is 24.3 Å². The van der Waals surface area contributed by atoms with E-state index in [0.29, 0.717) is 18.7 Å². The number of piperazine rings is 1. The van der Waals surface area contributed by atoms with Gasteiger partial charge in [0, 0.05) is 38.3 Å². The third-order valence-corrected chi connectivity index (χ3v) is 3.68. The Morgan fingerprint density at radius 2 is 1.75 bits per heavy atom. The van der Waals surface area contributed by atoms with E-state index in [0.717, 1.165) is 0 Å². The third-order valence-electron chi connectivity index (χ3n) is 3.68. The highest BCUT2D eigenvalue weighted by Crippen LogP contribution is 2.07. The van der Waals surface area contributed by atoms with Crippen LogP contribution in [-0.2, 0) is 20.9 Å². The number of carbonyl (C=O) groups excluding carboxylic acids is 3. The van der Waals surface area contributed by atoms with E-state index >= 15 is 0 Å². The molecule has 3 amide bonds. The molecule has 1 aromatic rings. The minimum Gasteiger partial charge on any atom is -0.450 e. The van der Waals surface area contributed by atoms with Gasteiger partial charge in [0.15, 0.2) is 0 Å². The maximum absolute atomic E-state index is 13.5. The van der Waals surface area contributed by atoms with Crippen molar-refractivity contribution in [2.45, 2.75) is 13.5 Å². The molecule has 0 aromatic heterocycles. The quantitative estimate of drug-likeness (QED) is 0.825. The van der Waals surface area contributed by atoms with Crippen molar-refractivity contribution in [2.75, 3.05) is 32.8 Å². The van der Waals surface area contributed by atoms with Crippen molar-refractivity contribution < 1.29 is 23.5 Å². The second-order valence-electron chi connectivity index (χ2n) is 5.25. The molecule has 0 spiro atoms. The van der Waals surface area contributed by atoms with Gasteiger partial charge in [-0.25, -0.2) is 9.18 Å². The first-order valence-electron chi connectivity index (χ1n) is 7.75. The Morgan fingerprint density at radius 1 is 1.12 bits per heavy atom. The summed E-state index contributed by atoms with van der Waals surface area (Å²) in [5.74, 6) is -1.91. The molecule has 1 N–H and O–H groups in total. The normalized spacial score (nSPS) is 14.2. The van der Waals surface area contributed by atoms with Gasteiger partial charge in [0.2, 0.25) is 0 Å². The van der Waals surface area contributed by atoms with E-state index in [4.69, 9.17) is 4.74 Å². The molecule has 130 valence electrons. The summed E-state index contributed by atoms with van der Waals surface area (Å²) in [6, 6.07) is 6.03. The van der Waals surface area contributed by atoms with Crippen LogP contribution in [-0.4, -0.2) is 60.5 Å². The summed E-state index contributed by atoms with van der Waals surface area (Å²) in [5.41, 5.74) is 0.311. The average Bonchev–Trinajstić information content (AvgIpc) is 2.60. The number of nitrogens with zero attached hydrogens (tertiary/aromatic N) is 2. The molecule has 8 heteroatoms. The van der Waals surface area contributed by atoms with E-state index < -0.39 is 23.7 Å². The van der Waals surface area contributed by atoms with Crippen molar-refractivity contribution in [3.63, 3.8) is 0 Å². The maximum atomic E-state index is 13.5. The Morgan fingerprint density at radius 3 is 2.38 bits per heavy atom. The molecule has 1 aliphatic rings. The van der Waals surface area contributed by atoms with Gasteiger partial charge in [0.1, 0.15) is 5.82 Å². The number of benzene rings is 1. The minimum atomic E-state index is -0.789. The molecule has 7 nitrogen and oxygen atoms in total. The number of nitrogens with one attached hydrogen (secondary N) is 1. The molecule has 2 rings (SSSR count). The number of halogens is 1. The lowest BCUT2D eigenvalue weighted by Crippen LogP contribution is -2.53. The molecular weight excluding hydrogens is 317 g/mol. The zero-order valence-corrected chi connectivity index (χ0v) is 13.5. The highest BCUT2D eigenvalue weighted by atomic mass is 19.1. The maximum Gasteiger partial charge on any atom is 0.409 e. The van der Waals surface area contributed by atoms with Crippen molar-refractivity contribution in [3.05, 3.63) is 35.6 Å². The Hall–Kier alpha value is -2.64. The topological polar surface area (TPSA) is 79.0 Å². The number of hydrogen-bond acceptors (Lipinski definition) is 4. The molecule has 0 saturated carbocycles. The lowest BCUT2D eigenvalue weighted by atomic mass is 10.2. The summed E-state index contributed by atoms with van der Waals surface area (Å²) >= 11 is 0. The molecule has 1 saturated heterocycles. The van der Waals surface area contributed by atoms with E-state index in [9.17, 15) is 18.8 Å². The minimum absolute atomic E-state index is 0.0555. The smallest absolute Gasteiger partial charge is 0.409 e. The van der Waals surface area contributed by atoms with Gasteiger partial charge < -0.3 is 19.9 Å². The summed E-state index contributed by atoms with van der Waals surface area (Å²) in [6.07, 6.45) is -0.423. The Kier molecular flexibility index (Phi) is 6.11. The summed E-state index contributed by atoms with van der Waals surface area (Å²) in [4.78, 5) is 38.5. The zero-order chi connectivity index (χ0) is 17.5. The van der Waals surface area contributed by atoms with Crippen LogP contribution in [0.1, 0.15) is 12.5 Å². The number of hydrogen-bond donors (Lipinski definition) is 1. The summed E-state index contributed by atoms with van der Waals surface area (Å²) in [7, 11) is 0. The first-order valence-corrected chi connectivity index (χ1v) is 7.75. The van der Waals surface area contributed by atoms with Gasteiger partial charge in [-0.3, -0.25) is 9.59 Å². The highest BCUT2D eigenvalue weighted by Gasteiger charge is 2.28. The molecule has 1 heterocycles. The van der Waals surface area contributed by atoms with E-state index in [1.165, 1.54) is 21.9 Å². The fraction of sp³-hybridized carbons (Fsp3) is 0.438. The second-order valence-corrected chi connectivity index (χ2v) is 5.25. The Balaban J connectivity index is 1.81. The first-order chi connectivity index (χ1) is 11.5. The third kappa shape index (κ3) is 4.43. The average molecular weight is 337 g/mol. The fourth-order valence-corrected chi connectivity index (χ4v) is 2.34. The Labute approximate surface area is 139 Å². The molecule has 0 radical (unpaired) electrons. The van der Waals surface area contributed by atoms with Gasteiger partial charge in [-0.15, -0.1) is 0 Å². The van der Waals surface area contributed by atoms with Crippen molar-refractivity contribution in [3.8, 4) is 0 Å². The van der Waals surface area contributed by atoms with E-state index in [1.807, 2.05) is 0 Å². The van der Waals surface area contributed by atoms with Crippen LogP contribution in [0.25, 0.3) is 0 Å². The number of rotatable bonds is 3. The monoisotopic (exact) mass is 337 g/mol. The van der Waals surface area contributed by atoms with E-state index in [-0.39, 0.29) is 26.2 Å². The molecular formula is C16H20FN3O4. The van der Waals surface area contributed by atoms with Gasteiger partial charge in [-0.2, -0.15) is 0 Å². The highest BCUT2D eigenvalue weighted by molar-refractivity contribution is 6.35. The van der Waals surface area contributed by atoms with Crippen molar-refractivity contribution in [2.24, 2.45) is 0 Å². The SMILES string of the molecule is CCOC(=O)N1CCN(C(=O)C(=O)NCc2ccccc2F)CC1. The van der Waals surface area contributed by atoms with Crippen LogP contribution >= 0.6 is 0 Å². The first kappa shape index (κ1) is 17.7. The summed E-state index contributed by atoms with van der Waals surface area (Å²) in [5, 5.41) is 2.42. The van der Waals surface area contributed by atoms with Gasteiger partial charge in [-0.05, 0) is 13.0 Å². The summed E-state index contributed by atoms with van der Waals surface area (Å²) < 4.78 is 18.4. The van der Waals surface area contributed by atoms with Crippen LogP contribution in [0.2, 0.25) is 0 Å². The molecule has 1 fully saturated rings. The molecule has 0 atom stereocenters. The van der Waals surface area contributed by atoms with Crippen LogP contribution < -0.4 is 5.32 Å². The second kappa shape index (κ2) is 8.28. The zero-order valence-electron chi connectivity index (χ0n) is 13.5. The van der Waals surface area contributed by atoms with Crippen LogP contribution in [0.5, 0.6) is 0 Å². The van der Waals surface area contributed by atoms with Gasteiger partial charge in [-0.1, -0.05) is 18.2 Å². The predicted molar refractivity (Wildman–Crippen MR) is 83.4 cm³/mol. The molecule has 0 bridgehead atoms. The lowest BCUT2D eigenvalue weighted by molar-refractivity contribution is -0.146. The predicted octanol–water partition coefficient (Wildman–Crippen LogP) is 0.743. The van der Waals surface area contributed by atoms with Crippen LogP contribution in [0.4, 0.5) is 9.18 Å².